The lowest BCUT2D eigenvalue weighted by atomic mass is 9.79. The van der Waals surface area contributed by atoms with Crippen molar-refractivity contribution in [2.75, 3.05) is 0 Å². The van der Waals surface area contributed by atoms with Gasteiger partial charge in [-0.1, -0.05) is 66.2 Å². The summed E-state index contributed by atoms with van der Waals surface area (Å²) in [5.41, 5.74) is -2.08. The first kappa shape index (κ1) is 26.6. The molecule has 0 bridgehead atoms. The predicted octanol–water partition coefficient (Wildman–Crippen LogP) is 4.63. The maximum Gasteiger partial charge on any atom is 0.339 e. The average molecular weight is 457 g/mol. The minimum atomic E-state index is -2.26. The predicted molar refractivity (Wildman–Crippen MR) is 125 cm³/mol. The zero-order chi connectivity index (χ0) is 24.9. The molecule has 0 spiro atoms. The molecule has 1 aliphatic rings. The minimum Gasteiger partial charge on any atom is -0.438 e. The van der Waals surface area contributed by atoms with Crippen LogP contribution < -0.4 is 0 Å². The standard InChI is InChI=1S/C27H36O6/c1-16(2)12-14-20-24(30)22(23(29)18(5)6)25(31)27(20,21(28)15-13-17(3)4)33-26(32)19-10-8-7-9-11-19/h7-11,16-18,20,22H,12-15H2,1-6H3/t20-,22?,27+/m0/s1. The van der Waals surface area contributed by atoms with E-state index >= 15 is 0 Å². The molecule has 3 atom stereocenters. The molecule has 0 aliphatic heterocycles. The van der Waals surface area contributed by atoms with Crippen molar-refractivity contribution in [3.63, 3.8) is 0 Å². The molecule has 0 aromatic heterocycles. The Morgan fingerprint density at radius 3 is 2.00 bits per heavy atom. The Bertz CT molecular complexity index is 898. The summed E-state index contributed by atoms with van der Waals surface area (Å²) >= 11 is 0. The number of esters is 1. The van der Waals surface area contributed by atoms with Crippen LogP contribution in [0.2, 0.25) is 0 Å². The van der Waals surface area contributed by atoms with Gasteiger partial charge in [-0.2, -0.15) is 0 Å². The zero-order valence-electron chi connectivity index (χ0n) is 20.6. The molecule has 2 rings (SSSR count). The van der Waals surface area contributed by atoms with Gasteiger partial charge in [0.15, 0.2) is 17.3 Å². The highest BCUT2D eigenvalue weighted by atomic mass is 16.6. The van der Waals surface area contributed by atoms with Crippen LogP contribution in [-0.2, 0) is 23.9 Å². The normalized spacial score (nSPS) is 22.9. The fourth-order valence-corrected chi connectivity index (χ4v) is 4.26. The van der Waals surface area contributed by atoms with Crippen molar-refractivity contribution in [2.24, 2.45) is 29.6 Å². The first-order chi connectivity index (χ1) is 15.4. The van der Waals surface area contributed by atoms with E-state index in [9.17, 15) is 24.0 Å². The number of carbonyl (C=O) groups is 5. The van der Waals surface area contributed by atoms with Gasteiger partial charge in [-0.25, -0.2) is 4.79 Å². The maximum absolute atomic E-state index is 13.8. The van der Waals surface area contributed by atoms with Crippen molar-refractivity contribution in [1.29, 1.82) is 0 Å². The second kappa shape index (κ2) is 11.0. The third-order valence-electron chi connectivity index (χ3n) is 6.26. The molecular formula is C27H36O6. The smallest absolute Gasteiger partial charge is 0.339 e. The SMILES string of the molecule is CC(C)CCC(=O)[C@@]1(OC(=O)c2ccccc2)C(=O)C(C(=O)C(C)C)C(=O)[C@@H]1CCC(C)C. The molecule has 180 valence electrons. The highest BCUT2D eigenvalue weighted by Gasteiger charge is 2.67. The van der Waals surface area contributed by atoms with Crippen LogP contribution in [0, 0.1) is 29.6 Å². The number of hydrogen-bond donors (Lipinski definition) is 0. The summed E-state index contributed by atoms with van der Waals surface area (Å²) < 4.78 is 5.76. The van der Waals surface area contributed by atoms with E-state index in [-0.39, 0.29) is 30.2 Å². The van der Waals surface area contributed by atoms with Gasteiger partial charge < -0.3 is 4.74 Å². The fourth-order valence-electron chi connectivity index (χ4n) is 4.26. The lowest BCUT2D eigenvalue weighted by molar-refractivity contribution is -0.156. The van der Waals surface area contributed by atoms with E-state index < -0.39 is 52.5 Å². The number of benzene rings is 1. The average Bonchev–Trinajstić information content (AvgIpc) is 2.96. The molecule has 1 aromatic carbocycles. The second-order valence-corrected chi connectivity index (χ2v) is 10.1. The molecular weight excluding hydrogens is 420 g/mol. The molecule has 33 heavy (non-hydrogen) atoms. The number of rotatable bonds is 11. The summed E-state index contributed by atoms with van der Waals surface area (Å²) in [5, 5.41) is 0. The summed E-state index contributed by atoms with van der Waals surface area (Å²) in [4.78, 5) is 66.8. The maximum atomic E-state index is 13.8. The summed E-state index contributed by atoms with van der Waals surface area (Å²) in [6, 6.07) is 8.07. The molecule has 1 aromatic rings. The number of carbonyl (C=O) groups excluding carboxylic acids is 5. The Hall–Kier alpha value is -2.63. The van der Waals surface area contributed by atoms with Crippen molar-refractivity contribution in [3.05, 3.63) is 35.9 Å². The molecule has 1 aliphatic carbocycles. The first-order valence-corrected chi connectivity index (χ1v) is 11.9. The Balaban J connectivity index is 2.62. The second-order valence-electron chi connectivity index (χ2n) is 10.1. The van der Waals surface area contributed by atoms with E-state index in [1.165, 1.54) is 12.1 Å². The molecule has 1 fully saturated rings. The van der Waals surface area contributed by atoms with Gasteiger partial charge >= 0.3 is 5.97 Å². The minimum absolute atomic E-state index is 0.0144. The molecule has 6 nitrogen and oxygen atoms in total. The van der Waals surface area contributed by atoms with Gasteiger partial charge in [0.2, 0.25) is 11.4 Å². The van der Waals surface area contributed by atoms with Gasteiger partial charge in [0, 0.05) is 12.3 Å². The van der Waals surface area contributed by atoms with Crippen LogP contribution in [0.1, 0.15) is 77.6 Å². The van der Waals surface area contributed by atoms with Gasteiger partial charge in [0.25, 0.3) is 0 Å². The van der Waals surface area contributed by atoms with Crippen LogP contribution in [0.3, 0.4) is 0 Å². The molecule has 6 heteroatoms. The molecule has 0 radical (unpaired) electrons. The monoisotopic (exact) mass is 456 g/mol. The quantitative estimate of drug-likeness (QED) is 0.356. The van der Waals surface area contributed by atoms with E-state index in [1.807, 2.05) is 27.7 Å². The third kappa shape index (κ3) is 5.66. The van der Waals surface area contributed by atoms with Crippen LogP contribution in [-0.4, -0.2) is 34.7 Å². The summed E-state index contributed by atoms with van der Waals surface area (Å²) in [7, 11) is 0. The Morgan fingerprint density at radius 2 is 1.48 bits per heavy atom. The van der Waals surface area contributed by atoms with Crippen LogP contribution in [0.5, 0.6) is 0 Å². The lowest BCUT2D eigenvalue weighted by Crippen LogP contribution is -2.53. The largest absolute Gasteiger partial charge is 0.438 e. The van der Waals surface area contributed by atoms with E-state index in [0.29, 0.717) is 12.8 Å². The lowest BCUT2D eigenvalue weighted by Gasteiger charge is -2.32. The molecule has 0 amide bonds. The fraction of sp³-hybridized carbons (Fsp3) is 0.593. The van der Waals surface area contributed by atoms with Gasteiger partial charge in [-0.15, -0.1) is 0 Å². The Kier molecular flexibility index (Phi) is 8.87. The summed E-state index contributed by atoms with van der Waals surface area (Å²) in [5.74, 6) is -6.38. The van der Waals surface area contributed by atoms with Gasteiger partial charge in [-0.05, 0) is 36.8 Å². The first-order valence-electron chi connectivity index (χ1n) is 11.9. The number of ether oxygens (including phenoxy) is 1. The summed E-state index contributed by atoms with van der Waals surface area (Å²) in [6.45, 7) is 11.1. The molecule has 0 N–H and O–H groups in total. The van der Waals surface area contributed by atoms with Crippen LogP contribution in [0.4, 0.5) is 0 Å². The van der Waals surface area contributed by atoms with E-state index in [2.05, 4.69) is 0 Å². The number of hydrogen-bond acceptors (Lipinski definition) is 6. The Morgan fingerprint density at radius 1 is 0.909 bits per heavy atom. The van der Waals surface area contributed by atoms with Crippen molar-refractivity contribution in [1.82, 2.24) is 0 Å². The van der Waals surface area contributed by atoms with Gasteiger partial charge in [0.05, 0.1) is 11.5 Å². The Labute approximate surface area is 196 Å². The summed E-state index contributed by atoms with van der Waals surface area (Å²) in [6.07, 6.45) is 1.21. The molecule has 1 saturated carbocycles. The van der Waals surface area contributed by atoms with Crippen molar-refractivity contribution in [2.45, 2.75) is 72.8 Å². The molecule has 0 saturated heterocycles. The van der Waals surface area contributed by atoms with Crippen molar-refractivity contribution < 1.29 is 28.7 Å². The van der Waals surface area contributed by atoms with E-state index in [4.69, 9.17) is 4.74 Å². The highest BCUT2D eigenvalue weighted by Crippen LogP contribution is 2.43. The van der Waals surface area contributed by atoms with E-state index in [0.717, 1.165) is 0 Å². The zero-order valence-corrected chi connectivity index (χ0v) is 20.6. The third-order valence-corrected chi connectivity index (χ3v) is 6.26. The number of ketones is 4. The number of Topliss-reactive ketones (excluding diaryl/α,β-unsaturated/α-hetero) is 4. The van der Waals surface area contributed by atoms with Crippen molar-refractivity contribution in [3.8, 4) is 0 Å². The van der Waals surface area contributed by atoms with Crippen LogP contribution in [0.15, 0.2) is 30.3 Å². The van der Waals surface area contributed by atoms with E-state index in [1.54, 1.807) is 32.0 Å². The van der Waals surface area contributed by atoms with Crippen LogP contribution in [0.25, 0.3) is 0 Å². The topological polar surface area (TPSA) is 94.6 Å². The van der Waals surface area contributed by atoms with Crippen molar-refractivity contribution >= 4 is 29.1 Å². The van der Waals surface area contributed by atoms with Gasteiger partial charge in [-0.3, -0.25) is 19.2 Å². The van der Waals surface area contributed by atoms with Gasteiger partial charge in [0.1, 0.15) is 5.92 Å². The highest BCUT2D eigenvalue weighted by molar-refractivity contribution is 6.34. The van der Waals surface area contributed by atoms with Crippen LogP contribution >= 0.6 is 0 Å². The molecule has 1 unspecified atom stereocenters. The molecule has 0 heterocycles.